The van der Waals surface area contributed by atoms with Crippen LogP contribution in [0.4, 0.5) is 5.69 Å². The van der Waals surface area contributed by atoms with Crippen molar-refractivity contribution in [1.29, 1.82) is 0 Å². The second-order valence-electron chi connectivity index (χ2n) is 4.80. The van der Waals surface area contributed by atoms with Gasteiger partial charge in [0, 0.05) is 17.8 Å². The molecule has 2 aromatic rings. The molecule has 1 atom stereocenters. The first-order chi connectivity index (χ1) is 9.70. The van der Waals surface area contributed by atoms with Crippen LogP contribution < -0.4 is 4.90 Å². The first-order valence-electron chi connectivity index (χ1n) is 6.59. The number of hydrogen-bond acceptors (Lipinski definition) is 3. The molecule has 5 heteroatoms. The topological polar surface area (TPSA) is 46.1 Å². The van der Waals surface area contributed by atoms with Crippen LogP contribution >= 0.6 is 11.6 Å². The largest absolute Gasteiger partial charge is 0.303 e. The smallest absolute Gasteiger partial charge is 0.277 e. The Hall–Kier alpha value is -1.94. The molecular formula is C15H14ClN3O. The van der Waals surface area contributed by atoms with Crippen molar-refractivity contribution in [2.75, 3.05) is 4.90 Å². The van der Waals surface area contributed by atoms with E-state index < -0.39 is 0 Å². The molecule has 0 radical (unpaired) electrons. The molecule has 0 bridgehead atoms. The second kappa shape index (κ2) is 5.21. The van der Waals surface area contributed by atoms with Crippen molar-refractivity contribution in [2.24, 2.45) is 0 Å². The number of nitrogens with zero attached hydrogens (tertiary/aromatic N) is 3. The van der Waals surface area contributed by atoms with E-state index in [4.69, 9.17) is 11.6 Å². The summed E-state index contributed by atoms with van der Waals surface area (Å²) >= 11 is 5.84. The molecule has 0 spiro atoms. The van der Waals surface area contributed by atoms with Gasteiger partial charge >= 0.3 is 0 Å². The van der Waals surface area contributed by atoms with E-state index in [0.717, 1.165) is 18.5 Å². The first kappa shape index (κ1) is 13.1. The molecule has 0 fully saturated rings. The number of benzene rings is 1. The SMILES string of the molecule is CCC1Cc2ccccc2N1C(=O)c1cc(Cl)ncn1. The molecule has 0 N–H and O–H groups in total. The zero-order valence-corrected chi connectivity index (χ0v) is 11.8. The van der Waals surface area contributed by atoms with Crippen molar-refractivity contribution < 1.29 is 4.79 Å². The Morgan fingerprint density at radius 2 is 2.20 bits per heavy atom. The van der Waals surface area contributed by atoms with Gasteiger partial charge in [0.1, 0.15) is 17.2 Å². The number of carbonyl (C=O) groups is 1. The molecule has 2 heterocycles. The van der Waals surface area contributed by atoms with Crippen molar-refractivity contribution in [3.05, 3.63) is 53.1 Å². The van der Waals surface area contributed by atoms with Crippen LogP contribution in [0.5, 0.6) is 0 Å². The minimum atomic E-state index is -0.119. The van der Waals surface area contributed by atoms with Gasteiger partial charge in [-0.1, -0.05) is 36.7 Å². The van der Waals surface area contributed by atoms with E-state index in [1.54, 1.807) is 0 Å². The molecule has 1 aromatic carbocycles. The normalized spacial score (nSPS) is 17.1. The summed E-state index contributed by atoms with van der Waals surface area (Å²) < 4.78 is 0. The van der Waals surface area contributed by atoms with Crippen LogP contribution in [0.2, 0.25) is 5.15 Å². The highest BCUT2D eigenvalue weighted by atomic mass is 35.5. The quantitative estimate of drug-likeness (QED) is 0.797. The third-order valence-corrected chi connectivity index (χ3v) is 3.82. The zero-order valence-electron chi connectivity index (χ0n) is 11.1. The van der Waals surface area contributed by atoms with Gasteiger partial charge in [0.15, 0.2) is 0 Å². The zero-order chi connectivity index (χ0) is 14.1. The number of anilines is 1. The molecule has 1 amide bonds. The lowest BCUT2D eigenvalue weighted by Crippen LogP contribution is -2.37. The van der Waals surface area contributed by atoms with Crippen LogP contribution in [-0.2, 0) is 6.42 Å². The molecule has 1 aliphatic rings. The minimum absolute atomic E-state index is 0.119. The first-order valence-corrected chi connectivity index (χ1v) is 6.97. The molecule has 1 aliphatic heterocycles. The standard InChI is InChI=1S/C15H14ClN3O/c1-2-11-7-10-5-3-4-6-13(10)19(11)15(20)12-8-14(16)18-9-17-12/h3-6,8-9,11H,2,7H2,1H3. The van der Waals surface area contributed by atoms with E-state index in [2.05, 4.69) is 23.0 Å². The lowest BCUT2D eigenvalue weighted by Gasteiger charge is -2.24. The summed E-state index contributed by atoms with van der Waals surface area (Å²) in [6.45, 7) is 2.09. The summed E-state index contributed by atoms with van der Waals surface area (Å²) in [6, 6.07) is 9.68. The fourth-order valence-electron chi connectivity index (χ4n) is 2.64. The molecule has 102 valence electrons. The average molecular weight is 288 g/mol. The molecular weight excluding hydrogens is 274 g/mol. The van der Waals surface area contributed by atoms with Crippen molar-refractivity contribution >= 4 is 23.2 Å². The Morgan fingerprint density at radius 3 is 2.95 bits per heavy atom. The molecule has 1 aromatic heterocycles. The Kier molecular flexibility index (Phi) is 3.40. The maximum atomic E-state index is 12.7. The highest BCUT2D eigenvalue weighted by Gasteiger charge is 2.33. The van der Waals surface area contributed by atoms with E-state index in [9.17, 15) is 4.79 Å². The highest BCUT2D eigenvalue weighted by molar-refractivity contribution is 6.29. The van der Waals surface area contributed by atoms with Crippen molar-refractivity contribution in [1.82, 2.24) is 9.97 Å². The number of para-hydroxylation sites is 1. The van der Waals surface area contributed by atoms with Crippen LogP contribution in [-0.4, -0.2) is 21.9 Å². The lowest BCUT2D eigenvalue weighted by molar-refractivity contribution is 0.0974. The Labute approximate surface area is 122 Å². The van der Waals surface area contributed by atoms with Crippen LogP contribution in [0, 0.1) is 0 Å². The van der Waals surface area contributed by atoms with E-state index in [-0.39, 0.29) is 17.1 Å². The van der Waals surface area contributed by atoms with Gasteiger partial charge in [-0.05, 0) is 24.5 Å². The predicted molar refractivity (Wildman–Crippen MR) is 78.1 cm³/mol. The van der Waals surface area contributed by atoms with Crippen LogP contribution in [0.15, 0.2) is 36.7 Å². The minimum Gasteiger partial charge on any atom is -0.303 e. The summed E-state index contributed by atoms with van der Waals surface area (Å²) in [5, 5.41) is 0.281. The summed E-state index contributed by atoms with van der Waals surface area (Å²) in [7, 11) is 0. The summed E-state index contributed by atoms with van der Waals surface area (Å²) in [5.41, 5.74) is 2.51. The third kappa shape index (κ3) is 2.16. The van der Waals surface area contributed by atoms with E-state index >= 15 is 0 Å². The van der Waals surface area contributed by atoms with Crippen molar-refractivity contribution in [3.63, 3.8) is 0 Å². The van der Waals surface area contributed by atoms with Gasteiger partial charge < -0.3 is 4.90 Å². The maximum Gasteiger partial charge on any atom is 0.277 e. The summed E-state index contributed by atoms with van der Waals surface area (Å²) in [5.74, 6) is -0.119. The molecule has 0 aliphatic carbocycles. The Morgan fingerprint density at radius 1 is 1.40 bits per heavy atom. The number of aromatic nitrogens is 2. The van der Waals surface area contributed by atoms with Gasteiger partial charge in [0.2, 0.25) is 0 Å². The molecule has 0 saturated heterocycles. The molecule has 20 heavy (non-hydrogen) atoms. The van der Waals surface area contributed by atoms with Crippen LogP contribution in [0.3, 0.4) is 0 Å². The van der Waals surface area contributed by atoms with Crippen LogP contribution in [0.1, 0.15) is 29.4 Å². The Bertz CT molecular complexity index is 659. The molecule has 3 rings (SSSR count). The van der Waals surface area contributed by atoms with E-state index in [1.165, 1.54) is 18.0 Å². The fraction of sp³-hybridized carbons (Fsp3) is 0.267. The van der Waals surface area contributed by atoms with Gasteiger partial charge in [0.05, 0.1) is 0 Å². The summed E-state index contributed by atoms with van der Waals surface area (Å²) in [6.07, 6.45) is 3.11. The second-order valence-corrected chi connectivity index (χ2v) is 5.18. The molecule has 1 unspecified atom stereocenters. The Balaban J connectivity index is 2.01. The monoisotopic (exact) mass is 287 g/mol. The van der Waals surface area contributed by atoms with Crippen molar-refractivity contribution in [3.8, 4) is 0 Å². The van der Waals surface area contributed by atoms with Crippen molar-refractivity contribution in [2.45, 2.75) is 25.8 Å². The van der Waals surface area contributed by atoms with E-state index in [0.29, 0.717) is 5.69 Å². The number of rotatable bonds is 2. The lowest BCUT2D eigenvalue weighted by atomic mass is 10.1. The number of halogens is 1. The van der Waals surface area contributed by atoms with Crippen LogP contribution in [0.25, 0.3) is 0 Å². The third-order valence-electron chi connectivity index (χ3n) is 3.61. The number of hydrogen-bond donors (Lipinski definition) is 0. The number of carbonyl (C=O) groups excluding carboxylic acids is 1. The van der Waals surface area contributed by atoms with Gasteiger partial charge in [-0.15, -0.1) is 0 Å². The fourth-order valence-corrected chi connectivity index (χ4v) is 2.78. The van der Waals surface area contributed by atoms with Gasteiger partial charge in [0.25, 0.3) is 5.91 Å². The number of amides is 1. The number of fused-ring (bicyclic) bond motifs is 1. The van der Waals surface area contributed by atoms with Gasteiger partial charge in [-0.25, -0.2) is 9.97 Å². The summed E-state index contributed by atoms with van der Waals surface area (Å²) in [4.78, 5) is 22.4. The molecule has 0 saturated carbocycles. The average Bonchev–Trinajstić information content (AvgIpc) is 2.85. The highest BCUT2D eigenvalue weighted by Crippen LogP contribution is 2.34. The van der Waals surface area contributed by atoms with Gasteiger partial charge in [-0.2, -0.15) is 0 Å². The predicted octanol–water partition coefficient (Wildman–Crippen LogP) is 3.11. The van der Waals surface area contributed by atoms with E-state index in [1.807, 2.05) is 23.1 Å². The maximum absolute atomic E-state index is 12.7. The molecule has 4 nitrogen and oxygen atoms in total. The van der Waals surface area contributed by atoms with Gasteiger partial charge in [-0.3, -0.25) is 4.79 Å².